The molecule has 0 amide bonds. The number of halogens is 2. The van der Waals surface area contributed by atoms with E-state index in [0.717, 1.165) is 12.1 Å². The van der Waals surface area contributed by atoms with E-state index in [0.29, 0.717) is 5.69 Å². The second kappa shape index (κ2) is 6.69. The SMILES string of the molecule is CCS(=O)(=O)CC(C)Nc1ccc(S(=O)(=O)C(F)F)cc1. The number of hydrogen-bond donors (Lipinski definition) is 1. The minimum atomic E-state index is -4.61. The molecule has 0 fully saturated rings. The van der Waals surface area contributed by atoms with Gasteiger partial charge in [0.25, 0.3) is 0 Å². The fraction of sp³-hybridized carbons (Fsp3) is 0.500. The summed E-state index contributed by atoms with van der Waals surface area (Å²) in [6, 6.07) is 4.39. The first-order valence-electron chi connectivity index (χ1n) is 6.17. The van der Waals surface area contributed by atoms with E-state index in [2.05, 4.69) is 5.32 Å². The van der Waals surface area contributed by atoms with Gasteiger partial charge >= 0.3 is 5.76 Å². The molecule has 0 spiro atoms. The van der Waals surface area contributed by atoms with Gasteiger partial charge in [-0.05, 0) is 31.2 Å². The summed E-state index contributed by atoms with van der Waals surface area (Å²) in [5.41, 5.74) is 0.460. The zero-order chi connectivity index (χ0) is 16.3. The van der Waals surface area contributed by atoms with Gasteiger partial charge in [-0.15, -0.1) is 0 Å². The summed E-state index contributed by atoms with van der Waals surface area (Å²) in [5, 5.41) is 2.88. The van der Waals surface area contributed by atoms with Crippen LogP contribution < -0.4 is 5.32 Å². The normalized spacial score (nSPS) is 14.1. The molecule has 0 aliphatic rings. The summed E-state index contributed by atoms with van der Waals surface area (Å²) >= 11 is 0. The molecule has 21 heavy (non-hydrogen) atoms. The molecule has 5 nitrogen and oxygen atoms in total. The molecule has 0 aliphatic carbocycles. The van der Waals surface area contributed by atoms with Crippen molar-refractivity contribution in [2.24, 2.45) is 0 Å². The third-order valence-electron chi connectivity index (χ3n) is 2.77. The van der Waals surface area contributed by atoms with Crippen LogP contribution in [0.1, 0.15) is 13.8 Å². The van der Waals surface area contributed by atoms with Gasteiger partial charge in [0.2, 0.25) is 9.84 Å². The van der Waals surface area contributed by atoms with Crippen molar-refractivity contribution in [1.29, 1.82) is 0 Å². The Balaban J connectivity index is 2.81. The number of benzene rings is 1. The minimum Gasteiger partial charge on any atom is -0.382 e. The quantitative estimate of drug-likeness (QED) is 0.819. The zero-order valence-corrected chi connectivity index (χ0v) is 13.2. The average Bonchev–Trinajstić information content (AvgIpc) is 2.38. The van der Waals surface area contributed by atoms with E-state index in [1.165, 1.54) is 12.1 Å². The van der Waals surface area contributed by atoms with E-state index in [9.17, 15) is 25.6 Å². The Bertz CT molecular complexity index is 670. The van der Waals surface area contributed by atoms with Crippen LogP contribution in [0.2, 0.25) is 0 Å². The lowest BCUT2D eigenvalue weighted by atomic mass is 10.3. The summed E-state index contributed by atoms with van der Waals surface area (Å²) in [4.78, 5) is -0.475. The minimum absolute atomic E-state index is 0.0323. The molecule has 0 aromatic heterocycles. The van der Waals surface area contributed by atoms with Crippen molar-refractivity contribution in [3.8, 4) is 0 Å². The lowest BCUT2D eigenvalue weighted by Crippen LogP contribution is -2.26. The average molecular weight is 341 g/mol. The molecule has 0 aliphatic heterocycles. The van der Waals surface area contributed by atoms with Crippen LogP contribution in [0.5, 0.6) is 0 Å². The predicted octanol–water partition coefficient (Wildman–Crippen LogP) is 1.92. The smallest absolute Gasteiger partial charge is 0.341 e. The highest BCUT2D eigenvalue weighted by Gasteiger charge is 2.26. The molecule has 9 heteroatoms. The van der Waals surface area contributed by atoms with Crippen molar-refractivity contribution in [1.82, 2.24) is 0 Å². The number of rotatable bonds is 7. The molecule has 1 N–H and O–H groups in total. The maximum atomic E-state index is 12.4. The first-order valence-corrected chi connectivity index (χ1v) is 9.54. The highest BCUT2D eigenvalue weighted by atomic mass is 32.2. The third kappa shape index (κ3) is 4.92. The molecular formula is C12H17F2NO4S2. The van der Waals surface area contributed by atoms with Crippen LogP contribution in [0.3, 0.4) is 0 Å². The maximum Gasteiger partial charge on any atom is 0.341 e. The van der Waals surface area contributed by atoms with E-state index in [1.807, 2.05) is 0 Å². The fourth-order valence-electron chi connectivity index (χ4n) is 1.67. The van der Waals surface area contributed by atoms with Crippen LogP contribution in [0.15, 0.2) is 29.2 Å². The molecular weight excluding hydrogens is 324 g/mol. The lowest BCUT2D eigenvalue weighted by Gasteiger charge is -2.15. The summed E-state index contributed by atoms with van der Waals surface area (Å²) in [5.74, 6) is -3.50. The molecule has 1 aromatic rings. The van der Waals surface area contributed by atoms with Crippen LogP contribution in [0.25, 0.3) is 0 Å². The molecule has 0 heterocycles. The van der Waals surface area contributed by atoms with Gasteiger partial charge in [-0.2, -0.15) is 8.78 Å². The number of sulfone groups is 2. The highest BCUT2D eigenvalue weighted by Crippen LogP contribution is 2.20. The molecule has 0 saturated carbocycles. The van der Waals surface area contributed by atoms with Gasteiger partial charge in [-0.1, -0.05) is 6.92 Å². The van der Waals surface area contributed by atoms with Gasteiger partial charge in [-0.25, -0.2) is 16.8 Å². The Morgan fingerprint density at radius 3 is 2.05 bits per heavy atom. The Labute approximate surface area is 123 Å². The van der Waals surface area contributed by atoms with Crippen molar-refractivity contribution in [2.75, 3.05) is 16.8 Å². The van der Waals surface area contributed by atoms with Crippen LogP contribution in [0, 0.1) is 0 Å². The monoisotopic (exact) mass is 341 g/mol. The van der Waals surface area contributed by atoms with E-state index in [-0.39, 0.29) is 17.5 Å². The van der Waals surface area contributed by atoms with Crippen molar-refractivity contribution in [3.63, 3.8) is 0 Å². The number of alkyl halides is 2. The summed E-state index contributed by atoms with van der Waals surface area (Å²) < 4.78 is 70.1. The molecule has 1 unspecified atom stereocenters. The van der Waals surface area contributed by atoms with Crippen LogP contribution in [-0.2, 0) is 19.7 Å². The standard InChI is InChI=1S/C12H17F2NO4S2/c1-3-20(16,17)8-9(2)15-10-4-6-11(7-5-10)21(18,19)12(13)14/h4-7,9,12,15H,3,8H2,1-2H3. The second-order valence-corrected chi connectivity index (χ2v) is 8.89. The lowest BCUT2D eigenvalue weighted by molar-refractivity contribution is 0.234. The van der Waals surface area contributed by atoms with Gasteiger partial charge < -0.3 is 5.32 Å². The molecule has 0 radical (unpaired) electrons. The largest absolute Gasteiger partial charge is 0.382 e. The number of anilines is 1. The van der Waals surface area contributed by atoms with E-state index >= 15 is 0 Å². The van der Waals surface area contributed by atoms with Gasteiger partial charge in [0.05, 0.1) is 10.6 Å². The molecule has 1 atom stereocenters. The van der Waals surface area contributed by atoms with E-state index in [4.69, 9.17) is 0 Å². The first-order chi connectivity index (χ1) is 9.58. The molecule has 120 valence electrons. The summed E-state index contributed by atoms with van der Waals surface area (Å²) in [7, 11) is -7.75. The summed E-state index contributed by atoms with van der Waals surface area (Å²) in [6.07, 6.45) is 0. The van der Waals surface area contributed by atoms with Crippen LogP contribution in [0.4, 0.5) is 14.5 Å². The Morgan fingerprint density at radius 2 is 1.62 bits per heavy atom. The zero-order valence-electron chi connectivity index (χ0n) is 11.6. The van der Waals surface area contributed by atoms with Gasteiger partial charge in [0.15, 0.2) is 9.84 Å². The fourth-order valence-corrected chi connectivity index (χ4v) is 3.47. The van der Waals surface area contributed by atoms with Gasteiger partial charge in [0.1, 0.15) is 0 Å². The van der Waals surface area contributed by atoms with E-state index in [1.54, 1.807) is 13.8 Å². The first kappa shape index (κ1) is 17.8. The number of nitrogens with one attached hydrogen (secondary N) is 1. The molecule has 1 rings (SSSR count). The second-order valence-electron chi connectivity index (χ2n) is 4.57. The molecule has 0 bridgehead atoms. The van der Waals surface area contributed by atoms with Crippen molar-refractivity contribution >= 4 is 25.4 Å². The molecule has 0 saturated heterocycles. The molecule has 1 aromatic carbocycles. The number of hydrogen-bond acceptors (Lipinski definition) is 5. The van der Waals surface area contributed by atoms with Crippen molar-refractivity contribution in [3.05, 3.63) is 24.3 Å². The Morgan fingerprint density at radius 1 is 1.10 bits per heavy atom. The Kier molecular flexibility index (Phi) is 5.68. The van der Waals surface area contributed by atoms with Crippen molar-refractivity contribution < 1.29 is 25.6 Å². The Hall–Kier alpha value is -1.22. The maximum absolute atomic E-state index is 12.4. The van der Waals surface area contributed by atoms with Crippen molar-refractivity contribution in [2.45, 2.75) is 30.5 Å². The van der Waals surface area contributed by atoms with Crippen LogP contribution in [-0.4, -0.2) is 40.1 Å². The van der Waals surface area contributed by atoms with E-state index < -0.39 is 30.3 Å². The topological polar surface area (TPSA) is 80.3 Å². The van der Waals surface area contributed by atoms with Gasteiger partial charge in [-0.3, -0.25) is 0 Å². The third-order valence-corrected chi connectivity index (χ3v) is 6.06. The van der Waals surface area contributed by atoms with Gasteiger partial charge in [0, 0.05) is 17.5 Å². The van der Waals surface area contributed by atoms with Crippen LogP contribution >= 0.6 is 0 Å². The summed E-state index contributed by atoms with van der Waals surface area (Å²) in [6.45, 7) is 3.21. The highest BCUT2D eigenvalue weighted by molar-refractivity contribution is 7.91. The predicted molar refractivity (Wildman–Crippen MR) is 77.0 cm³/mol.